The molecule has 1 N–H and O–H groups in total. The molecule has 0 heterocycles. The monoisotopic (exact) mass is 283 g/mol. The second-order valence-electron chi connectivity index (χ2n) is 5.36. The molecule has 0 saturated carbocycles. The van der Waals surface area contributed by atoms with Gasteiger partial charge >= 0.3 is 0 Å². The minimum absolute atomic E-state index is 0.453. The molecular formula is C18H21NO2. The molecule has 0 amide bonds. The Labute approximate surface area is 125 Å². The van der Waals surface area contributed by atoms with E-state index < -0.39 is 0 Å². The molecule has 1 aliphatic rings. The van der Waals surface area contributed by atoms with Gasteiger partial charge in [-0.15, -0.1) is 0 Å². The maximum absolute atomic E-state index is 5.35. The molecule has 3 nitrogen and oxygen atoms in total. The molecule has 21 heavy (non-hydrogen) atoms. The lowest BCUT2D eigenvalue weighted by atomic mass is 10.1. The van der Waals surface area contributed by atoms with Gasteiger partial charge in [-0.2, -0.15) is 0 Å². The topological polar surface area (TPSA) is 30.5 Å². The van der Waals surface area contributed by atoms with Crippen LogP contribution in [0.1, 0.15) is 29.2 Å². The molecule has 0 saturated heterocycles. The van der Waals surface area contributed by atoms with Crippen molar-refractivity contribution >= 4 is 0 Å². The average Bonchev–Trinajstić information content (AvgIpc) is 2.96. The van der Waals surface area contributed by atoms with E-state index in [0.717, 1.165) is 18.0 Å². The highest BCUT2D eigenvalue weighted by molar-refractivity contribution is 5.43. The van der Waals surface area contributed by atoms with Crippen LogP contribution >= 0.6 is 0 Å². The summed E-state index contributed by atoms with van der Waals surface area (Å²) in [5, 5.41) is 3.65. The summed E-state index contributed by atoms with van der Waals surface area (Å²) >= 11 is 0. The summed E-state index contributed by atoms with van der Waals surface area (Å²) in [5.41, 5.74) is 4.12. The smallest absolute Gasteiger partial charge is 0.161 e. The van der Waals surface area contributed by atoms with Crippen LogP contribution in [0.4, 0.5) is 0 Å². The van der Waals surface area contributed by atoms with Gasteiger partial charge in [0.2, 0.25) is 0 Å². The van der Waals surface area contributed by atoms with Gasteiger partial charge in [0.25, 0.3) is 0 Å². The molecule has 3 heteroatoms. The summed E-state index contributed by atoms with van der Waals surface area (Å²) in [6.45, 7) is 0.833. The van der Waals surface area contributed by atoms with Crippen LogP contribution < -0.4 is 14.8 Å². The summed E-state index contributed by atoms with van der Waals surface area (Å²) < 4.78 is 10.6. The number of aryl methyl sites for hydroxylation is 1. The van der Waals surface area contributed by atoms with Crippen LogP contribution in [0, 0.1) is 0 Å². The first-order valence-corrected chi connectivity index (χ1v) is 7.34. The third kappa shape index (κ3) is 2.88. The second kappa shape index (κ2) is 6.19. The molecule has 0 aliphatic heterocycles. The van der Waals surface area contributed by atoms with Gasteiger partial charge in [0.1, 0.15) is 0 Å². The zero-order valence-corrected chi connectivity index (χ0v) is 12.6. The van der Waals surface area contributed by atoms with E-state index >= 15 is 0 Å². The summed E-state index contributed by atoms with van der Waals surface area (Å²) in [4.78, 5) is 0. The molecule has 3 rings (SSSR count). The quantitative estimate of drug-likeness (QED) is 0.911. The van der Waals surface area contributed by atoms with Gasteiger partial charge in [-0.25, -0.2) is 0 Å². The van der Waals surface area contributed by atoms with Crippen LogP contribution in [0.25, 0.3) is 0 Å². The van der Waals surface area contributed by atoms with E-state index in [2.05, 4.69) is 35.6 Å². The first kappa shape index (κ1) is 14.0. The molecule has 1 aliphatic carbocycles. The predicted molar refractivity (Wildman–Crippen MR) is 83.9 cm³/mol. The number of hydrogen-bond acceptors (Lipinski definition) is 3. The minimum Gasteiger partial charge on any atom is -0.493 e. The minimum atomic E-state index is 0.453. The Kier molecular flexibility index (Phi) is 4.11. The van der Waals surface area contributed by atoms with E-state index in [1.165, 1.54) is 29.5 Å². The number of ether oxygens (including phenoxy) is 2. The maximum atomic E-state index is 5.35. The van der Waals surface area contributed by atoms with E-state index in [1.54, 1.807) is 14.2 Å². The van der Waals surface area contributed by atoms with Crippen LogP contribution in [0.15, 0.2) is 42.5 Å². The Morgan fingerprint density at radius 3 is 2.67 bits per heavy atom. The van der Waals surface area contributed by atoms with Gasteiger partial charge in [-0.05, 0) is 41.7 Å². The van der Waals surface area contributed by atoms with E-state index in [4.69, 9.17) is 9.47 Å². The van der Waals surface area contributed by atoms with E-state index in [9.17, 15) is 0 Å². The van der Waals surface area contributed by atoms with Crippen LogP contribution in [0.2, 0.25) is 0 Å². The Bertz CT molecular complexity index is 624. The van der Waals surface area contributed by atoms with Crippen molar-refractivity contribution in [2.75, 3.05) is 14.2 Å². The van der Waals surface area contributed by atoms with Crippen LogP contribution in [-0.4, -0.2) is 14.2 Å². The highest BCUT2D eigenvalue weighted by atomic mass is 16.5. The van der Waals surface area contributed by atoms with Gasteiger partial charge < -0.3 is 14.8 Å². The molecule has 0 aromatic heterocycles. The first-order chi connectivity index (χ1) is 10.3. The molecule has 2 aromatic rings. The van der Waals surface area contributed by atoms with Gasteiger partial charge in [-0.1, -0.05) is 30.3 Å². The third-order valence-corrected chi connectivity index (χ3v) is 4.13. The molecule has 2 aromatic carbocycles. The molecular weight excluding hydrogens is 262 g/mol. The lowest BCUT2D eigenvalue weighted by molar-refractivity contribution is 0.354. The van der Waals surface area contributed by atoms with Crippen LogP contribution in [0.5, 0.6) is 11.5 Å². The largest absolute Gasteiger partial charge is 0.493 e. The summed E-state index contributed by atoms with van der Waals surface area (Å²) in [5.74, 6) is 1.55. The van der Waals surface area contributed by atoms with E-state index in [1.807, 2.05) is 12.1 Å². The van der Waals surface area contributed by atoms with Crippen LogP contribution in [-0.2, 0) is 13.0 Å². The number of fused-ring (bicyclic) bond motifs is 1. The Hall–Kier alpha value is -2.00. The van der Waals surface area contributed by atoms with Gasteiger partial charge in [0, 0.05) is 12.6 Å². The number of nitrogens with one attached hydrogen (secondary N) is 1. The zero-order chi connectivity index (χ0) is 14.7. The predicted octanol–water partition coefficient (Wildman–Crippen LogP) is 3.48. The SMILES string of the molecule is COc1ccc(CNC2CCc3ccccc32)cc1OC. The van der Waals surface area contributed by atoms with Crippen molar-refractivity contribution in [3.05, 3.63) is 59.2 Å². The number of hydrogen-bond donors (Lipinski definition) is 1. The number of methoxy groups -OCH3 is 2. The molecule has 0 bridgehead atoms. The number of benzene rings is 2. The lowest BCUT2D eigenvalue weighted by Gasteiger charge is -2.15. The molecule has 110 valence electrons. The highest BCUT2D eigenvalue weighted by Gasteiger charge is 2.21. The van der Waals surface area contributed by atoms with E-state index in [0.29, 0.717) is 6.04 Å². The Morgan fingerprint density at radius 1 is 1.05 bits per heavy atom. The first-order valence-electron chi connectivity index (χ1n) is 7.34. The lowest BCUT2D eigenvalue weighted by Crippen LogP contribution is -2.18. The fourth-order valence-corrected chi connectivity index (χ4v) is 3.00. The Morgan fingerprint density at radius 2 is 1.86 bits per heavy atom. The molecule has 0 radical (unpaired) electrons. The van der Waals surface area contributed by atoms with E-state index in [-0.39, 0.29) is 0 Å². The number of rotatable bonds is 5. The van der Waals surface area contributed by atoms with Crippen molar-refractivity contribution in [2.45, 2.75) is 25.4 Å². The van der Waals surface area contributed by atoms with Gasteiger partial charge in [-0.3, -0.25) is 0 Å². The maximum Gasteiger partial charge on any atom is 0.161 e. The van der Waals surface area contributed by atoms with Crippen molar-refractivity contribution < 1.29 is 9.47 Å². The van der Waals surface area contributed by atoms with Crippen molar-refractivity contribution in [1.29, 1.82) is 0 Å². The zero-order valence-electron chi connectivity index (χ0n) is 12.6. The molecule has 0 spiro atoms. The summed E-state index contributed by atoms with van der Waals surface area (Å²) in [7, 11) is 3.33. The fourth-order valence-electron chi connectivity index (χ4n) is 3.00. The fraction of sp³-hybridized carbons (Fsp3) is 0.333. The van der Waals surface area contributed by atoms with Gasteiger partial charge in [0.15, 0.2) is 11.5 Å². The third-order valence-electron chi connectivity index (χ3n) is 4.13. The van der Waals surface area contributed by atoms with Crippen LogP contribution in [0.3, 0.4) is 0 Å². The normalized spacial score (nSPS) is 16.6. The average molecular weight is 283 g/mol. The van der Waals surface area contributed by atoms with Crippen molar-refractivity contribution in [3.8, 4) is 11.5 Å². The highest BCUT2D eigenvalue weighted by Crippen LogP contribution is 2.32. The molecule has 1 unspecified atom stereocenters. The summed E-state index contributed by atoms with van der Waals surface area (Å²) in [6.07, 6.45) is 2.34. The second-order valence-corrected chi connectivity index (χ2v) is 5.36. The molecule has 1 atom stereocenters. The van der Waals surface area contributed by atoms with Crippen molar-refractivity contribution in [2.24, 2.45) is 0 Å². The van der Waals surface area contributed by atoms with Gasteiger partial charge in [0.05, 0.1) is 14.2 Å². The standard InChI is InChI=1S/C18H21NO2/c1-20-17-10-7-13(11-18(17)21-2)12-19-16-9-8-14-5-3-4-6-15(14)16/h3-7,10-11,16,19H,8-9,12H2,1-2H3. The molecule has 0 fully saturated rings. The van der Waals surface area contributed by atoms with Crippen molar-refractivity contribution in [1.82, 2.24) is 5.32 Å². The summed E-state index contributed by atoms with van der Waals surface area (Å²) in [6, 6.07) is 15.2. The van der Waals surface area contributed by atoms with Crippen molar-refractivity contribution in [3.63, 3.8) is 0 Å². The Balaban J connectivity index is 1.69.